The molecular weight excluding hydrogens is 170 g/mol. The number of hydrogen-bond acceptors (Lipinski definition) is 1. The van der Waals surface area contributed by atoms with Crippen molar-refractivity contribution in [1.82, 2.24) is 0 Å². The normalized spacial score (nSPS) is 9.21. The van der Waals surface area contributed by atoms with E-state index in [1.54, 1.807) is 0 Å². The van der Waals surface area contributed by atoms with Crippen molar-refractivity contribution in [3.05, 3.63) is 42.0 Å². The predicted octanol–water partition coefficient (Wildman–Crippen LogP) is 3.25. The van der Waals surface area contributed by atoms with E-state index in [4.69, 9.17) is 5.73 Å². The summed E-state index contributed by atoms with van der Waals surface area (Å²) in [4.78, 5) is 0. The van der Waals surface area contributed by atoms with E-state index < -0.39 is 0 Å². The second kappa shape index (κ2) is 7.34. The molecule has 0 spiro atoms. The number of nitrogens with two attached hydrogens (primary N) is 1. The molecular formula is C13H21N. The molecule has 0 aliphatic heterocycles. The second-order valence-corrected chi connectivity index (χ2v) is 3.50. The van der Waals surface area contributed by atoms with Crippen LogP contribution in [0.3, 0.4) is 0 Å². The molecule has 1 rings (SSSR count). The van der Waals surface area contributed by atoms with E-state index in [9.17, 15) is 0 Å². The van der Waals surface area contributed by atoms with Gasteiger partial charge in [-0.15, -0.1) is 0 Å². The van der Waals surface area contributed by atoms with Gasteiger partial charge in [0, 0.05) is 0 Å². The van der Waals surface area contributed by atoms with Crippen LogP contribution in [0.25, 0.3) is 6.08 Å². The molecule has 2 N–H and O–H groups in total. The van der Waals surface area contributed by atoms with Crippen LogP contribution in [0, 0.1) is 0 Å². The Morgan fingerprint density at radius 1 is 1.36 bits per heavy atom. The molecule has 0 unspecified atom stereocenters. The van der Waals surface area contributed by atoms with Gasteiger partial charge in [-0.1, -0.05) is 57.7 Å². The Kier molecular flexibility index (Phi) is 6.77. The molecule has 0 saturated heterocycles. The van der Waals surface area contributed by atoms with Gasteiger partial charge in [-0.05, 0) is 23.6 Å². The van der Waals surface area contributed by atoms with Crippen LogP contribution >= 0.6 is 0 Å². The fourth-order valence-electron chi connectivity index (χ4n) is 1.06. The molecule has 0 bridgehead atoms. The van der Waals surface area contributed by atoms with Crippen molar-refractivity contribution in [1.29, 1.82) is 0 Å². The van der Waals surface area contributed by atoms with Crippen molar-refractivity contribution in [3.63, 3.8) is 0 Å². The predicted molar refractivity (Wildman–Crippen MR) is 65.2 cm³/mol. The van der Waals surface area contributed by atoms with Crippen LogP contribution in [-0.2, 0) is 6.42 Å². The van der Waals surface area contributed by atoms with Crippen LogP contribution in [0.1, 0.15) is 31.9 Å². The molecule has 1 heteroatoms. The molecule has 1 aromatic carbocycles. The Morgan fingerprint density at radius 2 is 1.86 bits per heavy atom. The maximum atomic E-state index is 5.11. The molecule has 78 valence electrons. The van der Waals surface area contributed by atoms with Crippen molar-refractivity contribution in [2.24, 2.45) is 5.73 Å². The molecule has 0 aliphatic rings. The first-order valence-corrected chi connectivity index (χ1v) is 5.07. The van der Waals surface area contributed by atoms with Crippen LogP contribution in [0.2, 0.25) is 0 Å². The number of benzene rings is 1. The smallest absolute Gasteiger partial charge is 0.00179 e. The summed E-state index contributed by atoms with van der Waals surface area (Å²) in [6.07, 6.45) is 2.99. The molecule has 0 aliphatic carbocycles. The van der Waals surface area contributed by atoms with Gasteiger partial charge >= 0.3 is 0 Å². The van der Waals surface area contributed by atoms with Crippen molar-refractivity contribution in [2.75, 3.05) is 0 Å². The Hall–Kier alpha value is -1.08. The van der Waals surface area contributed by atoms with Crippen LogP contribution in [0.5, 0.6) is 0 Å². The summed E-state index contributed by atoms with van der Waals surface area (Å²) >= 11 is 0. The third kappa shape index (κ3) is 5.55. The lowest BCUT2D eigenvalue weighted by Gasteiger charge is -1.99. The van der Waals surface area contributed by atoms with Crippen LogP contribution in [-0.4, -0.2) is 6.04 Å². The summed E-state index contributed by atoms with van der Waals surface area (Å²) < 4.78 is 0. The minimum atomic E-state index is 0.333. The molecule has 0 fully saturated rings. The van der Waals surface area contributed by atoms with Crippen LogP contribution in [0.4, 0.5) is 0 Å². The first kappa shape index (κ1) is 12.9. The minimum absolute atomic E-state index is 0.333. The summed E-state index contributed by atoms with van der Waals surface area (Å²) in [5, 5.41) is 0. The highest BCUT2D eigenvalue weighted by atomic mass is 14.6. The standard InChI is InChI=1S/C10H12.C3H9N/c1-3-9-7-5-6-8-10(9)4-2;1-3(2)4/h3,5-8H,1,4H2,2H3;3H,4H2,1-2H3. The quantitative estimate of drug-likeness (QED) is 0.763. The van der Waals surface area contributed by atoms with E-state index in [0.29, 0.717) is 6.04 Å². The summed E-state index contributed by atoms with van der Waals surface area (Å²) in [7, 11) is 0. The third-order valence-electron chi connectivity index (χ3n) is 1.66. The molecule has 1 aromatic rings. The van der Waals surface area contributed by atoms with Crippen molar-refractivity contribution in [2.45, 2.75) is 33.2 Å². The highest BCUT2D eigenvalue weighted by molar-refractivity contribution is 5.51. The van der Waals surface area contributed by atoms with Gasteiger partial charge in [-0.2, -0.15) is 0 Å². The first-order valence-electron chi connectivity index (χ1n) is 5.07. The first-order chi connectivity index (χ1) is 6.61. The molecule has 14 heavy (non-hydrogen) atoms. The zero-order chi connectivity index (χ0) is 11.0. The minimum Gasteiger partial charge on any atom is -0.328 e. The van der Waals surface area contributed by atoms with Crippen molar-refractivity contribution >= 4 is 6.08 Å². The van der Waals surface area contributed by atoms with E-state index in [-0.39, 0.29) is 0 Å². The summed E-state index contributed by atoms with van der Waals surface area (Å²) in [5.74, 6) is 0. The summed E-state index contributed by atoms with van der Waals surface area (Å²) in [6, 6.07) is 8.66. The van der Waals surface area contributed by atoms with Crippen LogP contribution in [0.15, 0.2) is 30.8 Å². The van der Waals surface area contributed by atoms with Gasteiger partial charge < -0.3 is 5.73 Å². The van der Waals surface area contributed by atoms with E-state index in [0.717, 1.165) is 6.42 Å². The molecule has 0 atom stereocenters. The lowest BCUT2D eigenvalue weighted by atomic mass is 10.1. The molecule has 0 amide bonds. The van der Waals surface area contributed by atoms with Gasteiger partial charge in [0.15, 0.2) is 0 Å². The second-order valence-electron chi connectivity index (χ2n) is 3.50. The summed E-state index contributed by atoms with van der Waals surface area (Å²) in [6.45, 7) is 9.78. The maximum absolute atomic E-state index is 5.11. The van der Waals surface area contributed by atoms with Gasteiger partial charge in [0.1, 0.15) is 0 Å². The fraction of sp³-hybridized carbons (Fsp3) is 0.385. The van der Waals surface area contributed by atoms with Gasteiger partial charge in [-0.3, -0.25) is 0 Å². The molecule has 1 nitrogen and oxygen atoms in total. The van der Waals surface area contributed by atoms with Gasteiger partial charge in [-0.25, -0.2) is 0 Å². The highest BCUT2D eigenvalue weighted by Crippen LogP contribution is 2.09. The van der Waals surface area contributed by atoms with Crippen molar-refractivity contribution in [3.8, 4) is 0 Å². The van der Waals surface area contributed by atoms with Crippen molar-refractivity contribution < 1.29 is 0 Å². The Balaban J connectivity index is 0.000000364. The number of rotatable bonds is 2. The third-order valence-corrected chi connectivity index (χ3v) is 1.66. The molecule has 0 radical (unpaired) electrons. The lowest BCUT2D eigenvalue weighted by molar-refractivity contribution is 0.834. The largest absolute Gasteiger partial charge is 0.328 e. The number of hydrogen-bond donors (Lipinski definition) is 1. The highest BCUT2D eigenvalue weighted by Gasteiger charge is 1.91. The van der Waals surface area contributed by atoms with Gasteiger partial charge in [0.05, 0.1) is 0 Å². The van der Waals surface area contributed by atoms with E-state index in [1.807, 2.05) is 26.0 Å². The molecule has 0 saturated carbocycles. The average molecular weight is 191 g/mol. The van der Waals surface area contributed by atoms with Gasteiger partial charge in [0.2, 0.25) is 0 Å². The van der Waals surface area contributed by atoms with Gasteiger partial charge in [0.25, 0.3) is 0 Å². The SMILES string of the molecule is C=Cc1ccccc1CC.CC(C)N. The van der Waals surface area contributed by atoms with E-state index in [2.05, 4.69) is 31.7 Å². The monoisotopic (exact) mass is 191 g/mol. The Labute approximate surface area is 87.6 Å². The average Bonchev–Trinajstić information content (AvgIpc) is 2.17. The topological polar surface area (TPSA) is 26.0 Å². The van der Waals surface area contributed by atoms with E-state index >= 15 is 0 Å². The lowest BCUT2D eigenvalue weighted by Crippen LogP contribution is -2.06. The number of aryl methyl sites for hydroxylation is 1. The Bertz CT molecular complexity index is 261. The fourth-order valence-corrected chi connectivity index (χ4v) is 1.06. The molecule has 0 aromatic heterocycles. The molecule has 0 heterocycles. The zero-order valence-electron chi connectivity index (χ0n) is 9.46. The Morgan fingerprint density at radius 3 is 2.21 bits per heavy atom. The van der Waals surface area contributed by atoms with E-state index in [1.165, 1.54) is 11.1 Å². The maximum Gasteiger partial charge on any atom is -0.00179 e. The zero-order valence-corrected chi connectivity index (χ0v) is 9.46. The summed E-state index contributed by atoms with van der Waals surface area (Å²) in [5.41, 5.74) is 7.74. The van der Waals surface area contributed by atoms with Crippen LogP contribution < -0.4 is 5.73 Å².